The summed E-state index contributed by atoms with van der Waals surface area (Å²) in [5, 5.41) is 2.66. The third-order valence-corrected chi connectivity index (χ3v) is 2.11. The number of nitrogens with one attached hydrogen (secondary N) is 1. The first-order valence-electron chi connectivity index (χ1n) is 5.20. The van der Waals surface area contributed by atoms with E-state index in [1.807, 2.05) is 20.8 Å². The predicted molar refractivity (Wildman–Crippen MR) is 63.7 cm³/mol. The van der Waals surface area contributed by atoms with Gasteiger partial charge in [0.25, 0.3) is 0 Å². The molecule has 0 saturated carbocycles. The molecule has 1 heterocycles. The van der Waals surface area contributed by atoms with Gasteiger partial charge in [0.15, 0.2) is 0 Å². The molecule has 0 aliphatic rings. The van der Waals surface area contributed by atoms with E-state index in [0.717, 1.165) is 0 Å². The molecule has 0 atom stereocenters. The van der Waals surface area contributed by atoms with E-state index in [1.165, 1.54) is 13.3 Å². The van der Waals surface area contributed by atoms with Crippen molar-refractivity contribution in [2.45, 2.75) is 20.8 Å². The quantitative estimate of drug-likeness (QED) is 0.796. The molecule has 0 radical (unpaired) electrons. The molecule has 17 heavy (non-hydrogen) atoms. The van der Waals surface area contributed by atoms with Crippen LogP contribution in [-0.4, -0.2) is 24.0 Å². The molecule has 1 amide bonds. The van der Waals surface area contributed by atoms with E-state index in [9.17, 15) is 9.59 Å². The van der Waals surface area contributed by atoms with Gasteiger partial charge in [-0.1, -0.05) is 20.8 Å². The molecule has 92 valence electrons. The molecular formula is C12H16N2O3. The number of amides is 1. The van der Waals surface area contributed by atoms with E-state index in [4.69, 9.17) is 0 Å². The Morgan fingerprint density at radius 1 is 1.29 bits per heavy atom. The third kappa shape index (κ3) is 3.55. The third-order valence-electron chi connectivity index (χ3n) is 2.11. The van der Waals surface area contributed by atoms with Gasteiger partial charge in [-0.15, -0.1) is 0 Å². The summed E-state index contributed by atoms with van der Waals surface area (Å²) in [6.07, 6.45) is 1.37. The van der Waals surface area contributed by atoms with Crippen LogP contribution >= 0.6 is 0 Å². The minimum Gasteiger partial charge on any atom is -0.465 e. The van der Waals surface area contributed by atoms with Crippen LogP contribution in [0.1, 0.15) is 31.1 Å². The Morgan fingerprint density at radius 3 is 2.35 bits per heavy atom. The average Bonchev–Trinajstić information content (AvgIpc) is 2.27. The van der Waals surface area contributed by atoms with Gasteiger partial charge in [-0.3, -0.25) is 4.79 Å². The van der Waals surface area contributed by atoms with Gasteiger partial charge in [-0.05, 0) is 12.1 Å². The number of hydrogen-bond acceptors (Lipinski definition) is 4. The van der Waals surface area contributed by atoms with Crippen LogP contribution in [0.25, 0.3) is 0 Å². The van der Waals surface area contributed by atoms with Crippen molar-refractivity contribution in [1.29, 1.82) is 0 Å². The Kier molecular flexibility index (Phi) is 3.83. The Hall–Kier alpha value is -1.91. The zero-order valence-electron chi connectivity index (χ0n) is 10.4. The van der Waals surface area contributed by atoms with E-state index in [0.29, 0.717) is 11.4 Å². The van der Waals surface area contributed by atoms with Crippen LogP contribution in [0.4, 0.5) is 5.82 Å². The number of esters is 1. The lowest BCUT2D eigenvalue weighted by atomic mass is 9.96. The molecule has 5 nitrogen and oxygen atoms in total. The first kappa shape index (κ1) is 13.2. The predicted octanol–water partition coefficient (Wildman–Crippen LogP) is 1.85. The van der Waals surface area contributed by atoms with Crippen LogP contribution < -0.4 is 5.32 Å². The number of rotatable bonds is 2. The number of ether oxygens (including phenoxy) is 1. The lowest BCUT2D eigenvalue weighted by Crippen LogP contribution is -2.28. The summed E-state index contributed by atoms with van der Waals surface area (Å²) < 4.78 is 4.55. The number of methoxy groups -OCH3 is 1. The molecule has 0 unspecified atom stereocenters. The highest BCUT2D eigenvalue weighted by Crippen LogP contribution is 2.16. The second kappa shape index (κ2) is 4.95. The summed E-state index contributed by atoms with van der Waals surface area (Å²) in [4.78, 5) is 26.8. The number of pyridine rings is 1. The molecule has 0 aromatic carbocycles. The second-order valence-corrected chi connectivity index (χ2v) is 4.63. The lowest BCUT2D eigenvalue weighted by Gasteiger charge is -2.17. The Labute approximate surface area is 100 Å². The molecule has 1 aromatic rings. The molecule has 0 aliphatic heterocycles. The minimum atomic E-state index is -0.483. The normalized spacial score (nSPS) is 10.8. The van der Waals surface area contributed by atoms with Crippen molar-refractivity contribution in [3.05, 3.63) is 23.9 Å². The van der Waals surface area contributed by atoms with Gasteiger partial charge in [-0.25, -0.2) is 9.78 Å². The van der Waals surface area contributed by atoms with E-state index in [-0.39, 0.29) is 5.91 Å². The summed E-state index contributed by atoms with van der Waals surface area (Å²) in [6, 6.07) is 3.12. The molecule has 1 aromatic heterocycles. The summed E-state index contributed by atoms with van der Waals surface area (Å²) in [5.74, 6) is -0.167. The van der Waals surface area contributed by atoms with Gasteiger partial charge >= 0.3 is 5.97 Å². The van der Waals surface area contributed by atoms with Gasteiger partial charge in [-0.2, -0.15) is 0 Å². The summed E-state index contributed by atoms with van der Waals surface area (Å²) in [6.45, 7) is 5.43. The highest BCUT2D eigenvalue weighted by atomic mass is 16.5. The molecular weight excluding hydrogens is 220 g/mol. The fraction of sp³-hybridized carbons (Fsp3) is 0.417. The lowest BCUT2D eigenvalue weighted by molar-refractivity contribution is -0.123. The maximum atomic E-state index is 11.7. The highest BCUT2D eigenvalue weighted by molar-refractivity contribution is 5.94. The molecule has 0 aliphatic carbocycles. The van der Waals surface area contributed by atoms with Gasteiger partial charge in [0.05, 0.1) is 12.7 Å². The first-order valence-corrected chi connectivity index (χ1v) is 5.20. The van der Waals surface area contributed by atoms with Crippen LogP contribution in [0, 0.1) is 5.41 Å². The van der Waals surface area contributed by atoms with Crippen LogP contribution in [0.5, 0.6) is 0 Å². The van der Waals surface area contributed by atoms with Crippen LogP contribution in [0.2, 0.25) is 0 Å². The van der Waals surface area contributed by atoms with E-state index >= 15 is 0 Å². The van der Waals surface area contributed by atoms with Gasteiger partial charge in [0.1, 0.15) is 5.82 Å². The standard InChI is InChI=1S/C12H16N2O3/c1-12(2,3)11(16)14-9-6-5-8(7-13-9)10(15)17-4/h5-7H,1-4H3,(H,13,14,16). The van der Waals surface area contributed by atoms with Gasteiger partial charge in [0, 0.05) is 11.6 Å². The van der Waals surface area contributed by atoms with Crippen molar-refractivity contribution in [3.8, 4) is 0 Å². The number of anilines is 1. The van der Waals surface area contributed by atoms with Crippen molar-refractivity contribution in [1.82, 2.24) is 4.98 Å². The number of carbonyl (C=O) groups is 2. The molecule has 0 spiro atoms. The largest absolute Gasteiger partial charge is 0.465 e. The number of aromatic nitrogens is 1. The van der Waals surface area contributed by atoms with Crippen molar-refractivity contribution in [3.63, 3.8) is 0 Å². The second-order valence-electron chi connectivity index (χ2n) is 4.63. The van der Waals surface area contributed by atoms with Crippen molar-refractivity contribution >= 4 is 17.7 Å². The van der Waals surface area contributed by atoms with Crippen molar-refractivity contribution < 1.29 is 14.3 Å². The van der Waals surface area contributed by atoms with Crippen molar-refractivity contribution in [2.24, 2.45) is 5.41 Å². The molecule has 0 saturated heterocycles. The summed E-state index contributed by atoms with van der Waals surface area (Å²) >= 11 is 0. The molecule has 0 fully saturated rings. The number of nitrogens with zero attached hydrogens (tertiary/aromatic N) is 1. The Morgan fingerprint density at radius 2 is 1.94 bits per heavy atom. The summed E-state index contributed by atoms with van der Waals surface area (Å²) in [7, 11) is 1.30. The van der Waals surface area contributed by atoms with Crippen LogP contribution in [-0.2, 0) is 9.53 Å². The minimum absolute atomic E-state index is 0.129. The fourth-order valence-electron chi connectivity index (χ4n) is 1.01. The van der Waals surface area contributed by atoms with Gasteiger partial charge < -0.3 is 10.1 Å². The molecule has 5 heteroatoms. The zero-order chi connectivity index (χ0) is 13.1. The molecule has 0 bridgehead atoms. The van der Waals surface area contributed by atoms with E-state index < -0.39 is 11.4 Å². The average molecular weight is 236 g/mol. The SMILES string of the molecule is COC(=O)c1ccc(NC(=O)C(C)(C)C)nc1. The smallest absolute Gasteiger partial charge is 0.339 e. The maximum Gasteiger partial charge on any atom is 0.339 e. The zero-order valence-corrected chi connectivity index (χ0v) is 10.4. The van der Waals surface area contributed by atoms with Crippen LogP contribution in [0.3, 0.4) is 0 Å². The summed E-state index contributed by atoms with van der Waals surface area (Å²) in [5.41, 5.74) is -0.135. The number of hydrogen-bond donors (Lipinski definition) is 1. The Balaban J connectivity index is 2.76. The van der Waals surface area contributed by atoms with Crippen molar-refractivity contribution in [2.75, 3.05) is 12.4 Å². The molecule has 1 N–H and O–H groups in total. The van der Waals surface area contributed by atoms with E-state index in [1.54, 1.807) is 12.1 Å². The van der Waals surface area contributed by atoms with Crippen LogP contribution in [0.15, 0.2) is 18.3 Å². The topological polar surface area (TPSA) is 68.3 Å². The molecule has 1 rings (SSSR count). The van der Waals surface area contributed by atoms with Gasteiger partial charge in [0.2, 0.25) is 5.91 Å². The first-order chi connectivity index (χ1) is 7.84. The monoisotopic (exact) mass is 236 g/mol. The number of carbonyl (C=O) groups excluding carboxylic acids is 2. The maximum absolute atomic E-state index is 11.7. The Bertz CT molecular complexity index is 418. The highest BCUT2D eigenvalue weighted by Gasteiger charge is 2.21. The fourth-order valence-corrected chi connectivity index (χ4v) is 1.01. The van der Waals surface area contributed by atoms with E-state index in [2.05, 4.69) is 15.0 Å².